The highest BCUT2D eigenvalue weighted by atomic mass is 31.2. The van der Waals surface area contributed by atoms with Gasteiger partial charge in [0.25, 0.3) is 31.4 Å². The van der Waals surface area contributed by atoms with Crippen molar-refractivity contribution in [2.75, 3.05) is 26.3 Å². The van der Waals surface area contributed by atoms with Crippen LogP contribution in [0.3, 0.4) is 0 Å². The van der Waals surface area contributed by atoms with E-state index < -0.39 is 76.5 Å². The minimum Gasteiger partial charge on any atom is -0.368 e. The Morgan fingerprint density at radius 1 is 1.27 bits per heavy atom. The van der Waals surface area contributed by atoms with Gasteiger partial charge in [0, 0.05) is 24.3 Å². The number of hydrogen-bond donors (Lipinski definition) is 2. The fourth-order valence-corrected chi connectivity index (χ4v) is 7.39. The number of aromatic nitrogens is 2. The topological polar surface area (TPSA) is 215 Å². The molecule has 2 bridgehead atoms. The van der Waals surface area contributed by atoms with E-state index in [1.165, 1.54) is 6.20 Å². The number of nitrogens with one attached hydrogen (secondary N) is 2. The SMILES string of the molecule is [C-]#[N+]CCOP(OC1[C@@H]2OC[C@]1(CC)O[C@H]2n1cc(C#CCNC(=O)c2ccc([N+](=O)[O-])cc2[N+](=O)[O-])c(=O)[nH]c1=O)N(C(C)C)C(C)C. The second-order valence-corrected chi connectivity index (χ2v) is 13.1. The van der Waals surface area contributed by atoms with E-state index in [0.717, 1.165) is 16.7 Å². The van der Waals surface area contributed by atoms with Crippen molar-refractivity contribution >= 4 is 25.8 Å². The zero-order valence-corrected chi connectivity index (χ0v) is 28.3. The van der Waals surface area contributed by atoms with E-state index >= 15 is 0 Å². The number of nitro benzene ring substituents is 2. The third-order valence-electron chi connectivity index (χ3n) is 7.86. The van der Waals surface area contributed by atoms with Crippen molar-refractivity contribution in [1.29, 1.82) is 0 Å². The number of amides is 1. The molecule has 0 aliphatic carbocycles. The van der Waals surface area contributed by atoms with Crippen molar-refractivity contribution in [2.45, 2.75) is 77.2 Å². The lowest BCUT2D eigenvalue weighted by atomic mass is 9.96. The molecule has 2 fully saturated rings. The maximum atomic E-state index is 13.0. The second-order valence-electron chi connectivity index (χ2n) is 11.7. The van der Waals surface area contributed by atoms with Gasteiger partial charge in [0.2, 0.25) is 6.54 Å². The van der Waals surface area contributed by atoms with Gasteiger partial charge in [-0.15, -0.1) is 0 Å². The van der Waals surface area contributed by atoms with Crippen LogP contribution in [0.5, 0.6) is 0 Å². The maximum absolute atomic E-state index is 13.0. The van der Waals surface area contributed by atoms with Gasteiger partial charge in [0.15, 0.2) is 6.23 Å². The van der Waals surface area contributed by atoms with E-state index in [2.05, 4.69) is 31.7 Å². The summed E-state index contributed by atoms with van der Waals surface area (Å²) in [4.78, 5) is 64.5. The highest BCUT2D eigenvalue weighted by molar-refractivity contribution is 7.44. The van der Waals surface area contributed by atoms with Crippen molar-refractivity contribution in [3.63, 3.8) is 0 Å². The summed E-state index contributed by atoms with van der Waals surface area (Å²) in [6.07, 6.45) is -0.741. The number of carbonyl (C=O) groups excluding carboxylic acids is 1. The molecule has 0 saturated carbocycles. The molecule has 0 spiro atoms. The zero-order valence-electron chi connectivity index (χ0n) is 27.4. The fraction of sp³-hybridized carbons (Fsp3) is 0.533. The number of nitrogens with zero attached hydrogens (tertiary/aromatic N) is 5. The van der Waals surface area contributed by atoms with Crippen LogP contribution >= 0.6 is 8.53 Å². The van der Waals surface area contributed by atoms with Gasteiger partial charge in [-0.1, -0.05) is 18.8 Å². The number of nitro groups is 2. The van der Waals surface area contributed by atoms with Gasteiger partial charge >= 0.3 is 5.69 Å². The molecule has 1 amide bonds. The molecule has 262 valence electrons. The summed E-state index contributed by atoms with van der Waals surface area (Å²) in [5.74, 6) is 4.24. The molecular weight excluding hydrogens is 665 g/mol. The summed E-state index contributed by atoms with van der Waals surface area (Å²) in [6.45, 7) is 17.3. The van der Waals surface area contributed by atoms with Crippen molar-refractivity contribution in [1.82, 2.24) is 19.5 Å². The van der Waals surface area contributed by atoms with Gasteiger partial charge in [-0.05, 0) is 40.2 Å². The molecule has 2 aromatic rings. The van der Waals surface area contributed by atoms with E-state index in [1.807, 2.05) is 34.6 Å². The first-order valence-electron chi connectivity index (χ1n) is 15.3. The van der Waals surface area contributed by atoms with Crippen molar-refractivity contribution < 1.29 is 33.2 Å². The smallest absolute Gasteiger partial charge is 0.330 e. The number of aromatic amines is 1. The Bertz CT molecular complexity index is 1800. The number of carbonyl (C=O) groups is 1. The monoisotopic (exact) mass is 701 g/mol. The summed E-state index contributed by atoms with van der Waals surface area (Å²) < 4.78 is 28.5. The van der Waals surface area contributed by atoms with E-state index in [9.17, 15) is 34.6 Å². The molecule has 18 nitrogen and oxygen atoms in total. The Kier molecular flexibility index (Phi) is 12.0. The van der Waals surface area contributed by atoms with Gasteiger partial charge in [0.1, 0.15) is 35.5 Å². The Labute approximate surface area is 281 Å². The minimum absolute atomic E-state index is 0.0466. The van der Waals surface area contributed by atoms with Gasteiger partial charge in [-0.2, -0.15) is 0 Å². The number of hydrogen-bond acceptors (Lipinski definition) is 12. The number of non-ortho nitro benzene ring substituents is 1. The molecule has 2 aliphatic rings. The van der Waals surface area contributed by atoms with Crippen LogP contribution in [0, 0.1) is 38.6 Å². The molecule has 4 rings (SSSR count). The van der Waals surface area contributed by atoms with Crippen LogP contribution in [-0.2, 0) is 18.5 Å². The quantitative estimate of drug-likeness (QED) is 0.0726. The van der Waals surface area contributed by atoms with E-state index in [1.54, 1.807) is 0 Å². The lowest BCUT2D eigenvalue weighted by Crippen LogP contribution is -2.43. The van der Waals surface area contributed by atoms with Crippen LogP contribution < -0.4 is 16.6 Å². The second kappa shape index (κ2) is 15.8. The molecule has 5 atom stereocenters. The van der Waals surface area contributed by atoms with Gasteiger partial charge in [-0.3, -0.25) is 39.4 Å². The first-order valence-corrected chi connectivity index (χ1v) is 16.4. The number of H-pyrrole nitrogens is 1. The molecule has 3 heterocycles. The summed E-state index contributed by atoms with van der Waals surface area (Å²) in [7, 11) is -1.67. The summed E-state index contributed by atoms with van der Waals surface area (Å²) in [5, 5.41) is 24.7. The van der Waals surface area contributed by atoms with E-state index in [4.69, 9.17) is 25.1 Å². The zero-order chi connectivity index (χ0) is 36.0. The lowest BCUT2D eigenvalue weighted by molar-refractivity contribution is -0.394. The van der Waals surface area contributed by atoms with E-state index in [0.29, 0.717) is 12.5 Å². The molecule has 2 unspecified atom stereocenters. The van der Waals surface area contributed by atoms with Crippen LogP contribution in [0.25, 0.3) is 4.85 Å². The Hall–Kier alpha value is -4.55. The summed E-state index contributed by atoms with van der Waals surface area (Å²) in [5.41, 5.74) is -4.37. The Morgan fingerprint density at radius 3 is 2.59 bits per heavy atom. The molecule has 49 heavy (non-hydrogen) atoms. The first kappa shape index (κ1) is 37.3. The fourth-order valence-electron chi connectivity index (χ4n) is 5.59. The molecule has 1 aromatic heterocycles. The lowest BCUT2D eigenvalue weighted by Gasteiger charge is -2.38. The maximum Gasteiger partial charge on any atom is 0.330 e. The number of benzene rings is 1. The molecule has 1 aromatic carbocycles. The third-order valence-corrected chi connectivity index (χ3v) is 9.97. The predicted octanol–water partition coefficient (Wildman–Crippen LogP) is 2.88. The number of fused-ring (bicyclic) bond motifs is 2. The first-order chi connectivity index (χ1) is 23.2. The van der Waals surface area contributed by atoms with Crippen LogP contribution in [0.2, 0.25) is 0 Å². The normalized spacial score (nSPS) is 21.7. The van der Waals surface area contributed by atoms with Crippen LogP contribution in [0.4, 0.5) is 11.4 Å². The Balaban J connectivity index is 1.56. The third kappa shape index (κ3) is 8.02. The van der Waals surface area contributed by atoms with Gasteiger partial charge in [-0.25, -0.2) is 16.0 Å². The van der Waals surface area contributed by atoms with Crippen molar-refractivity contribution in [2.24, 2.45) is 0 Å². The van der Waals surface area contributed by atoms with Gasteiger partial charge < -0.3 is 28.7 Å². The van der Waals surface area contributed by atoms with E-state index in [-0.39, 0.29) is 44.0 Å². The Morgan fingerprint density at radius 2 is 1.98 bits per heavy atom. The number of rotatable bonds is 14. The molecular formula is C30H36N7O11P. The average Bonchev–Trinajstić information content (AvgIpc) is 3.54. The average molecular weight is 702 g/mol. The number of ether oxygens (including phenoxy) is 2. The summed E-state index contributed by atoms with van der Waals surface area (Å²) in [6, 6.07) is 2.70. The highest BCUT2D eigenvalue weighted by Crippen LogP contribution is 2.55. The largest absolute Gasteiger partial charge is 0.368 e. The van der Waals surface area contributed by atoms with Crippen LogP contribution in [-0.4, -0.2) is 86.2 Å². The summed E-state index contributed by atoms with van der Waals surface area (Å²) >= 11 is 0. The highest BCUT2D eigenvalue weighted by Gasteiger charge is 2.63. The molecule has 0 radical (unpaired) electrons. The molecule has 2 aliphatic heterocycles. The predicted molar refractivity (Wildman–Crippen MR) is 174 cm³/mol. The molecule has 2 N–H and O–H groups in total. The van der Waals surface area contributed by atoms with Crippen molar-refractivity contribution in [3.8, 4) is 11.8 Å². The minimum atomic E-state index is -1.67. The van der Waals surface area contributed by atoms with Crippen LogP contribution in [0.1, 0.15) is 63.2 Å². The van der Waals surface area contributed by atoms with Crippen molar-refractivity contribution in [3.05, 3.63) is 88.0 Å². The van der Waals surface area contributed by atoms with Crippen LogP contribution in [0.15, 0.2) is 34.0 Å². The molecule has 2 saturated heterocycles. The standard InChI is InChI=1S/C30H36N7O11P/c1-7-30-17-45-24(25(30)48-49(46-14-13-31-6)35(18(2)3)19(4)5)28(47-30)34-16-20(26(38)33-29(34)40)9-8-12-32-27(39)22-11-10-21(36(41)42)15-23(22)37(43)44/h10-11,15-16,18-19,24-25,28H,7,12-14,17H2,1-5H3,(H,32,39)(H,33,38,40)/t24-,25?,28+,30-,49?/m0/s1. The van der Waals surface area contributed by atoms with Gasteiger partial charge in [0.05, 0.1) is 29.1 Å². The molecule has 19 heteroatoms.